The molecule has 0 aliphatic heterocycles. The van der Waals surface area contributed by atoms with Gasteiger partial charge in [0.15, 0.2) is 0 Å². The fraction of sp³-hybridized carbons (Fsp3) is 0.429. The summed E-state index contributed by atoms with van der Waals surface area (Å²) in [5.74, 6) is 0. The van der Waals surface area contributed by atoms with Crippen molar-refractivity contribution in [3.05, 3.63) is 34.9 Å². The number of benzene rings is 1. The summed E-state index contributed by atoms with van der Waals surface area (Å²) in [6.07, 6.45) is 2.63. The van der Waals surface area contributed by atoms with Crippen LogP contribution in [0.2, 0.25) is 0 Å². The molecule has 0 fully saturated rings. The minimum atomic E-state index is 0.357. The van der Waals surface area contributed by atoms with Crippen LogP contribution in [0.1, 0.15) is 48.7 Å². The lowest BCUT2D eigenvalue weighted by molar-refractivity contribution is 0.110. The Kier molecular flexibility index (Phi) is 5.40. The summed E-state index contributed by atoms with van der Waals surface area (Å²) in [6, 6.07) is 5.72. The minimum Gasteiger partial charge on any atom is -0.391 e. The van der Waals surface area contributed by atoms with Gasteiger partial charge in [-0.05, 0) is 25.3 Å². The van der Waals surface area contributed by atoms with Crippen molar-refractivity contribution < 1.29 is 9.63 Å². The number of aryl methyl sites for hydroxylation is 1. The second-order valence-corrected chi connectivity index (χ2v) is 3.91. The molecular formula is C14H19NO2. The Morgan fingerprint density at radius 1 is 1.41 bits per heavy atom. The van der Waals surface area contributed by atoms with Gasteiger partial charge in [-0.3, -0.25) is 4.79 Å². The van der Waals surface area contributed by atoms with Gasteiger partial charge in [0.05, 0.1) is 5.71 Å². The van der Waals surface area contributed by atoms with Gasteiger partial charge in [0.25, 0.3) is 0 Å². The Hall–Kier alpha value is -1.64. The smallest absolute Gasteiger partial charge is 0.150 e. The fourth-order valence-electron chi connectivity index (χ4n) is 1.54. The van der Waals surface area contributed by atoms with Crippen molar-refractivity contribution in [1.29, 1.82) is 0 Å². The summed E-state index contributed by atoms with van der Waals surface area (Å²) < 4.78 is 0. The van der Waals surface area contributed by atoms with Crippen LogP contribution in [-0.4, -0.2) is 12.0 Å². The van der Waals surface area contributed by atoms with Crippen LogP contribution in [0.15, 0.2) is 23.4 Å². The molecule has 0 atom stereocenters. The lowest BCUT2D eigenvalue weighted by Gasteiger charge is -2.09. The van der Waals surface area contributed by atoms with E-state index in [1.165, 1.54) is 0 Å². The van der Waals surface area contributed by atoms with E-state index in [2.05, 4.69) is 12.1 Å². The molecule has 92 valence electrons. The SMILES string of the molecule is CCC(C)=NOCc1c(C=O)cccc1CC. The first-order valence-electron chi connectivity index (χ1n) is 5.94. The first kappa shape index (κ1) is 13.4. The van der Waals surface area contributed by atoms with Gasteiger partial charge in [0.1, 0.15) is 12.9 Å². The van der Waals surface area contributed by atoms with Gasteiger partial charge in [-0.15, -0.1) is 0 Å². The second kappa shape index (κ2) is 6.84. The van der Waals surface area contributed by atoms with Crippen LogP contribution in [0, 0.1) is 0 Å². The van der Waals surface area contributed by atoms with Gasteiger partial charge in [0.2, 0.25) is 0 Å². The van der Waals surface area contributed by atoms with Crippen LogP contribution in [0.4, 0.5) is 0 Å². The van der Waals surface area contributed by atoms with Crippen LogP contribution < -0.4 is 0 Å². The molecule has 0 spiro atoms. The van der Waals surface area contributed by atoms with Crippen LogP contribution >= 0.6 is 0 Å². The fourth-order valence-corrected chi connectivity index (χ4v) is 1.54. The average molecular weight is 233 g/mol. The van der Waals surface area contributed by atoms with E-state index in [0.29, 0.717) is 12.2 Å². The summed E-state index contributed by atoms with van der Waals surface area (Å²) in [7, 11) is 0. The molecule has 0 aliphatic rings. The number of aldehydes is 1. The first-order valence-corrected chi connectivity index (χ1v) is 5.94. The molecule has 0 aliphatic carbocycles. The van der Waals surface area contributed by atoms with E-state index in [0.717, 1.165) is 36.0 Å². The number of nitrogens with zero attached hydrogens (tertiary/aromatic N) is 1. The highest BCUT2D eigenvalue weighted by atomic mass is 16.6. The van der Waals surface area contributed by atoms with Crippen LogP contribution in [0.3, 0.4) is 0 Å². The zero-order chi connectivity index (χ0) is 12.7. The zero-order valence-corrected chi connectivity index (χ0v) is 10.7. The van der Waals surface area contributed by atoms with Crippen molar-refractivity contribution in [2.24, 2.45) is 5.16 Å². The predicted octanol–water partition coefficient (Wildman–Crippen LogP) is 3.36. The Labute approximate surface area is 102 Å². The largest absolute Gasteiger partial charge is 0.391 e. The number of carbonyl (C=O) groups excluding carboxylic acids is 1. The number of hydrogen-bond acceptors (Lipinski definition) is 3. The van der Waals surface area contributed by atoms with E-state index >= 15 is 0 Å². The molecule has 1 rings (SSSR count). The van der Waals surface area contributed by atoms with Crippen molar-refractivity contribution in [2.45, 2.75) is 40.2 Å². The Bertz CT molecular complexity index is 411. The molecule has 3 nitrogen and oxygen atoms in total. The molecule has 17 heavy (non-hydrogen) atoms. The number of hydrogen-bond donors (Lipinski definition) is 0. The topological polar surface area (TPSA) is 38.7 Å². The molecule has 0 bridgehead atoms. The third kappa shape index (κ3) is 3.70. The summed E-state index contributed by atoms with van der Waals surface area (Å²) >= 11 is 0. The van der Waals surface area contributed by atoms with Gasteiger partial charge in [-0.2, -0.15) is 0 Å². The molecule has 0 N–H and O–H groups in total. The quantitative estimate of drug-likeness (QED) is 0.429. The van der Waals surface area contributed by atoms with Crippen LogP contribution in [0.5, 0.6) is 0 Å². The molecule has 0 amide bonds. The molecule has 0 heterocycles. The van der Waals surface area contributed by atoms with Crippen molar-refractivity contribution >= 4 is 12.0 Å². The third-order valence-electron chi connectivity index (χ3n) is 2.76. The lowest BCUT2D eigenvalue weighted by atomic mass is 10.0. The highest BCUT2D eigenvalue weighted by Gasteiger charge is 2.07. The van der Waals surface area contributed by atoms with Crippen LogP contribution in [-0.2, 0) is 17.9 Å². The summed E-state index contributed by atoms with van der Waals surface area (Å²) in [5.41, 5.74) is 3.72. The van der Waals surface area contributed by atoms with E-state index in [1.807, 2.05) is 26.0 Å². The van der Waals surface area contributed by atoms with Crippen molar-refractivity contribution in [3.8, 4) is 0 Å². The van der Waals surface area contributed by atoms with Gasteiger partial charge in [-0.25, -0.2) is 0 Å². The predicted molar refractivity (Wildman–Crippen MR) is 69.4 cm³/mol. The van der Waals surface area contributed by atoms with Gasteiger partial charge in [0, 0.05) is 11.1 Å². The Balaban J connectivity index is 2.85. The van der Waals surface area contributed by atoms with Gasteiger partial charge >= 0.3 is 0 Å². The van der Waals surface area contributed by atoms with E-state index in [-0.39, 0.29) is 0 Å². The standard InChI is InChI=1S/C14H19NO2/c1-4-11(3)15-17-10-14-12(5-2)7-6-8-13(14)9-16/h6-9H,4-5,10H2,1-3H3. The highest BCUT2D eigenvalue weighted by molar-refractivity contribution is 5.81. The zero-order valence-electron chi connectivity index (χ0n) is 10.7. The molecule has 0 saturated heterocycles. The maximum Gasteiger partial charge on any atom is 0.150 e. The van der Waals surface area contributed by atoms with E-state index in [9.17, 15) is 4.79 Å². The molecular weight excluding hydrogens is 214 g/mol. The second-order valence-electron chi connectivity index (χ2n) is 3.91. The number of oxime groups is 1. The number of rotatable bonds is 6. The maximum atomic E-state index is 11.0. The van der Waals surface area contributed by atoms with E-state index in [1.54, 1.807) is 6.07 Å². The highest BCUT2D eigenvalue weighted by Crippen LogP contribution is 2.15. The monoisotopic (exact) mass is 233 g/mol. The Morgan fingerprint density at radius 2 is 2.18 bits per heavy atom. The van der Waals surface area contributed by atoms with Crippen molar-refractivity contribution in [3.63, 3.8) is 0 Å². The van der Waals surface area contributed by atoms with Gasteiger partial charge < -0.3 is 4.84 Å². The van der Waals surface area contributed by atoms with E-state index < -0.39 is 0 Å². The molecule has 0 radical (unpaired) electrons. The normalized spacial score (nSPS) is 11.4. The molecule has 1 aromatic rings. The van der Waals surface area contributed by atoms with Gasteiger partial charge in [-0.1, -0.05) is 37.2 Å². The third-order valence-corrected chi connectivity index (χ3v) is 2.76. The molecule has 1 aromatic carbocycles. The molecule has 0 saturated carbocycles. The summed E-state index contributed by atoms with van der Waals surface area (Å²) in [5, 5.41) is 3.99. The summed E-state index contributed by atoms with van der Waals surface area (Å²) in [6.45, 7) is 6.37. The van der Waals surface area contributed by atoms with Crippen LogP contribution in [0.25, 0.3) is 0 Å². The lowest BCUT2D eigenvalue weighted by Crippen LogP contribution is -2.01. The maximum absolute atomic E-state index is 11.0. The average Bonchev–Trinajstić information content (AvgIpc) is 2.38. The molecule has 3 heteroatoms. The van der Waals surface area contributed by atoms with Crippen molar-refractivity contribution in [2.75, 3.05) is 0 Å². The molecule has 0 unspecified atom stereocenters. The first-order chi connectivity index (χ1) is 8.22. The Morgan fingerprint density at radius 3 is 2.76 bits per heavy atom. The van der Waals surface area contributed by atoms with E-state index in [4.69, 9.17) is 4.84 Å². The molecule has 0 aromatic heterocycles. The van der Waals surface area contributed by atoms with Crippen molar-refractivity contribution in [1.82, 2.24) is 0 Å². The minimum absolute atomic E-state index is 0.357. The summed E-state index contributed by atoms with van der Waals surface area (Å²) in [4.78, 5) is 16.2. The number of carbonyl (C=O) groups is 1.